The molecule has 0 amide bonds. The zero-order valence-electron chi connectivity index (χ0n) is 12.6. The summed E-state index contributed by atoms with van der Waals surface area (Å²) in [5.74, 6) is 1.50. The van der Waals surface area contributed by atoms with E-state index < -0.39 is 6.57 Å². The van der Waals surface area contributed by atoms with Gasteiger partial charge in [0.15, 0.2) is 0 Å². The van der Waals surface area contributed by atoms with Gasteiger partial charge in [-0.25, -0.2) is 0 Å². The largest absolute Gasteiger partial charge is 0.321 e. The molecule has 1 unspecified atom stereocenters. The second kappa shape index (κ2) is 10.3. The zero-order chi connectivity index (χ0) is 14.0. The molecule has 1 atom stereocenters. The molecule has 0 saturated carbocycles. The molecule has 0 aromatic carbocycles. The molecule has 0 radical (unpaired) electrons. The number of hydrogen-bond acceptors (Lipinski definition) is 4. The highest BCUT2D eigenvalue weighted by Crippen LogP contribution is 2.59. The molecule has 0 spiro atoms. The van der Waals surface area contributed by atoms with Crippen molar-refractivity contribution in [1.29, 1.82) is 0 Å². The zero-order valence-corrected chi connectivity index (χ0v) is 14.4. The van der Waals surface area contributed by atoms with E-state index in [1.807, 2.05) is 6.92 Å². The summed E-state index contributed by atoms with van der Waals surface area (Å²) in [5.41, 5.74) is 0. The number of nitrogens with zero attached hydrogens (tertiary/aromatic N) is 1. The monoisotopic (exact) mass is 295 g/mol. The van der Waals surface area contributed by atoms with Gasteiger partial charge in [-0.15, -0.1) is 0 Å². The Morgan fingerprint density at radius 3 is 2.28 bits per heavy atom. The van der Waals surface area contributed by atoms with Crippen LogP contribution in [0.5, 0.6) is 0 Å². The van der Waals surface area contributed by atoms with Gasteiger partial charge in [-0.05, 0) is 25.4 Å². The van der Waals surface area contributed by atoms with Gasteiger partial charge in [0, 0.05) is 18.5 Å². The quantitative estimate of drug-likeness (QED) is 0.530. The topological polar surface area (TPSA) is 29.5 Å². The van der Waals surface area contributed by atoms with Crippen molar-refractivity contribution in [1.82, 2.24) is 4.90 Å². The van der Waals surface area contributed by atoms with Gasteiger partial charge >= 0.3 is 0 Å². The first-order valence-corrected chi connectivity index (χ1v) is 10.5. The highest BCUT2D eigenvalue weighted by atomic mass is 32.7. The Hall–Kier alpha value is 0.500. The Balaban J connectivity index is 3.95. The van der Waals surface area contributed by atoms with Crippen LogP contribution in [-0.4, -0.2) is 43.1 Å². The van der Waals surface area contributed by atoms with Crippen LogP contribution in [-0.2, 0) is 9.09 Å². The lowest BCUT2D eigenvalue weighted by Crippen LogP contribution is -2.25. The molecule has 0 rings (SSSR count). The van der Waals surface area contributed by atoms with Crippen molar-refractivity contribution in [3.8, 4) is 0 Å². The van der Waals surface area contributed by atoms with E-state index in [9.17, 15) is 4.57 Å². The number of hydrogen-bond donors (Lipinski definition) is 0. The van der Waals surface area contributed by atoms with Gasteiger partial charge in [-0.2, -0.15) is 0 Å². The highest BCUT2D eigenvalue weighted by Gasteiger charge is 2.21. The maximum Gasteiger partial charge on any atom is 0.257 e. The summed E-state index contributed by atoms with van der Waals surface area (Å²) in [6, 6.07) is 0. The lowest BCUT2D eigenvalue weighted by Gasteiger charge is -2.20. The summed E-state index contributed by atoms with van der Waals surface area (Å²) >= 11 is 1.53. The highest BCUT2D eigenvalue weighted by molar-refractivity contribution is 8.56. The molecular weight excluding hydrogens is 265 g/mol. The number of rotatable bonds is 11. The standard InChI is InChI=1S/C13H30NO2PS/c1-6-14(7-2)10-12-18-17(15,8-3)16-11-9-13(4)5/h13H,6-12H2,1-5H3. The van der Waals surface area contributed by atoms with E-state index in [2.05, 4.69) is 32.6 Å². The van der Waals surface area contributed by atoms with E-state index in [-0.39, 0.29) is 0 Å². The van der Waals surface area contributed by atoms with Gasteiger partial charge < -0.3 is 9.42 Å². The fraction of sp³-hybridized carbons (Fsp3) is 1.00. The van der Waals surface area contributed by atoms with Crippen LogP contribution in [0.25, 0.3) is 0 Å². The van der Waals surface area contributed by atoms with Crippen LogP contribution in [0.2, 0.25) is 0 Å². The average Bonchev–Trinajstić information content (AvgIpc) is 2.34. The smallest absolute Gasteiger partial charge is 0.257 e. The molecule has 0 aromatic rings. The van der Waals surface area contributed by atoms with E-state index in [0.29, 0.717) is 18.7 Å². The SMILES string of the molecule is CCN(CC)CCSP(=O)(CC)OCCC(C)C. The Labute approximate surface area is 117 Å². The summed E-state index contributed by atoms with van der Waals surface area (Å²) in [7, 11) is 0. The van der Waals surface area contributed by atoms with Crippen LogP contribution >= 0.6 is 18.0 Å². The molecule has 18 heavy (non-hydrogen) atoms. The predicted octanol–water partition coefficient (Wildman–Crippen LogP) is 4.34. The Morgan fingerprint density at radius 2 is 1.83 bits per heavy atom. The lowest BCUT2D eigenvalue weighted by atomic mass is 10.2. The van der Waals surface area contributed by atoms with Gasteiger partial charge in [0.1, 0.15) is 0 Å². The van der Waals surface area contributed by atoms with E-state index >= 15 is 0 Å². The van der Waals surface area contributed by atoms with Gasteiger partial charge in [0.2, 0.25) is 0 Å². The normalized spacial score (nSPS) is 15.3. The average molecular weight is 295 g/mol. The van der Waals surface area contributed by atoms with Crippen molar-refractivity contribution in [2.24, 2.45) is 5.92 Å². The molecule has 0 heterocycles. The summed E-state index contributed by atoms with van der Waals surface area (Å²) in [6.07, 6.45) is 1.62. The van der Waals surface area contributed by atoms with Crippen molar-refractivity contribution < 1.29 is 9.09 Å². The lowest BCUT2D eigenvalue weighted by molar-refractivity contribution is 0.297. The van der Waals surface area contributed by atoms with Crippen molar-refractivity contribution in [3.63, 3.8) is 0 Å². The van der Waals surface area contributed by atoms with Crippen LogP contribution in [0.3, 0.4) is 0 Å². The Bertz CT molecular complexity index is 245. The van der Waals surface area contributed by atoms with Crippen LogP contribution in [0.1, 0.15) is 41.0 Å². The first-order valence-electron chi connectivity index (χ1n) is 7.07. The molecule has 5 heteroatoms. The third-order valence-corrected chi connectivity index (χ3v) is 7.89. The van der Waals surface area contributed by atoms with Crippen LogP contribution in [0.4, 0.5) is 0 Å². The van der Waals surface area contributed by atoms with Gasteiger partial charge in [-0.1, -0.05) is 46.0 Å². The second-order valence-corrected chi connectivity index (χ2v) is 10.0. The minimum absolute atomic E-state index is 0.607. The molecule has 0 N–H and O–H groups in total. The molecule has 0 aliphatic rings. The second-order valence-electron chi connectivity index (χ2n) is 4.80. The van der Waals surface area contributed by atoms with Crippen molar-refractivity contribution in [2.75, 3.05) is 38.2 Å². The molecule has 0 bridgehead atoms. The summed E-state index contributed by atoms with van der Waals surface area (Å²) in [5, 5.41) is 0. The summed E-state index contributed by atoms with van der Waals surface area (Å²) in [6.45, 7) is 11.9. The predicted molar refractivity (Wildman–Crippen MR) is 83.8 cm³/mol. The third-order valence-electron chi connectivity index (χ3n) is 2.96. The first-order chi connectivity index (χ1) is 8.47. The van der Waals surface area contributed by atoms with Crippen LogP contribution in [0, 0.1) is 5.92 Å². The van der Waals surface area contributed by atoms with Crippen LogP contribution < -0.4 is 0 Å². The van der Waals surface area contributed by atoms with E-state index in [1.54, 1.807) is 0 Å². The molecule has 0 saturated heterocycles. The maximum atomic E-state index is 12.4. The molecule has 0 aliphatic heterocycles. The Kier molecular flexibility index (Phi) is 10.6. The van der Waals surface area contributed by atoms with Gasteiger partial charge in [0.25, 0.3) is 6.57 Å². The molecular formula is C13H30NO2PS. The first kappa shape index (κ1) is 18.5. The minimum atomic E-state index is -2.44. The molecule has 0 aromatic heterocycles. The third kappa shape index (κ3) is 8.58. The van der Waals surface area contributed by atoms with Gasteiger partial charge in [-0.3, -0.25) is 4.57 Å². The summed E-state index contributed by atoms with van der Waals surface area (Å²) < 4.78 is 18.1. The Morgan fingerprint density at radius 1 is 1.22 bits per heavy atom. The molecule has 3 nitrogen and oxygen atoms in total. The fourth-order valence-electron chi connectivity index (χ4n) is 1.50. The van der Waals surface area contributed by atoms with E-state index in [0.717, 1.165) is 31.8 Å². The van der Waals surface area contributed by atoms with Gasteiger partial charge in [0.05, 0.1) is 6.61 Å². The molecule has 0 fully saturated rings. The van der Waals surface area contributed by atoms with Crippen molar-refractivity contribution in [3.05, 3.63) is 0 Å². The fourth-order valence-corrected chi connectivity index (χ4v) is 5.01. The van der Waals surface area contributed by atoms with E-state index in [1.165, 1.54) is 11.4 Å². The summed E-state index contributed by atoms with van der Waals surface area (Å²) in [4.78, 5) is 2.35. The van der Waals surface area contributed by atoms with Crippen molar-refractivity contribution in [2.45, 2.75) is 41.0 Å². The minimum Gasteiger partial charge on any atom is -0.321 e. The molecule has 110 valence electrons. The van der Waals surface area contributed by atoms with E-state index in [4.69, 9.17) is 4.52 Å². The molecule has 0 aliphatic carbocycles. The van der Waals surface area contributed by atoms with Crippen LogP contribution in [0.15, 0.2) is 0 Å². The van der Waals surface area contributed by atoms with Crippen molar-refractivity contribution >= 4 is 18.0 Å². The maximum absolute atomic E-state index is 12.4.